The third-order valence-electron chi connectivity index (χ3n) is 2.16. The van der Waals surface area contributed by atoms with Crippen LogP contribution >= 0.6 is 11.6 Å². The van der Waals surface area contributed by atoms with Crippen LogP contribution in [0.2, 0.25) is 5.02 Å². The van der Waals surface area contributed by atoms with Gasteiger partial charge in [-0.3, -0.25) is 4.79 Å². The molecule has 0 amide bonds. The fraction of sp³-hybridized carbons (Fsp3) is 0.167. The fourth-order valence-corrected chi connectivity index (χ4v) is 1.59. The topological polar surface area (TPSA) is 43.1 Å². The summed E-state index contributed by atoms with van der Waals surface area (Å²) >= 11 is 5.86. The lowest BCUT2D eigenvalue weighted by Crippen LogP contribution is -1.93. The van der Waals surface area contributed by atoms with Crippen molar-refractivity contribution in [3.63, 3.8) is 0 Å². The summed E-state index contributed by atoms with van der Waals surface area (Å²) in [5.41, 5.74) is 1.36. The highest BCUT2D eigenvalue weighted by Crippen LogP contribution is 2.14. The van der Waals surface area contributed by atoms with E-state index >= 15 is 0 Å². The van der Waals surface area contributed by atoms with E-state index in [4.69, 9.17) is 16.0 Å². The average Bonchev–Trinajstić information content (AvgIpc) is 2.66. The van der Waals surface area contributed by atoms with Gasteiger partial charge in [0.25, 0.3) is 0 Å². The van der Waals surface area contributed by atoms with Crippen molar-refractivity contribution < 1.29 is 9.21 Å². The van der Waals surface area contributed by atoms with Crippen molar-refractivity contribution in [2.45, 2.75) is 13.3 Å². The Morgan fingerprint density at radius 2 is 2.31 bits per heavy atom. The molecule has 0 aliphatic rings. The summed E-state index contributed by atoms with van der Waals surface area (Å²) in [4.78, 5) is 15.1. The van der Waals surface area contributed by atoms with E-state index in [1.807, 2.05) is 24.3 Å². The summed E-state index contributed by atoms with van der Waals surface area (Å²) in [6.07, 6.45) is 1.91. The van der Waals surface area contributed by atoms with Gasteiger partial charge in [0.1, 0.15) is 12.0 Å². The Morgan fingerprint density at radius 3 is 2.94 bits per heavy atom. The number of benzene rings is 1. The molecule has 82 valence electrons. The summed E-state index contributed by atoms with van der Waals surface area (Å²) < 4.78 is 5.19. The monoisotopic (exact) mass is 235 g/mol. The molecule has 0 bridgehead atoms. The third-order valence-corrected chi connectivity index (χ3v) is 2.39. The number of carbonyl (C=O) groups excluding carboxylic acids is 1. The quantitative estimate of drug-likeness (QED) is 0.768. The molecule has 0 aliphatic carbocycles. The fourth-order valence-electron chi connectivity index (χ4n) is 1.38. The molecule has 16 heavy (non-hydrogen) atoms. The van der Waals surface area contributed by atoms with Crippen LogP contribution in [0.5, 0.6) is 0 Å². The molecule has 0 saturated heterocycles. The number of aromatic nitrogens is 1. The first-order valence-corrected chi connectivity index (χ1v) is 5.23. The van der Waals surface area contributed by atoms with E-state index in [1.54, 1.807) is 0 Å². The zero-order chi connectivity index (χ0) is 11.5. The Balaban J connectivity index is 2.17. The van der Waals surface area contributed by atoms with Crippen LogP contribution in [0.3, 0.4) is 0 Å². The first-order chi connectivity index (χ1) is 7.65. The Labute approximate surface area is 98.1 Å². The van der Waals surface area contributed by atoms with Crippen LogP contribution in [0.15, 0.2) is 34.9 Å². The number of halogens is 1. The van der Waals surface area contributed by atoms with E-state index in [2.05, 4.69) is 4.98 Å². The van der Waals surface area contributed by atoms with Crippen molar-refractivity contribution in [1.29, 1.82) is 0 Å². The highest BCUT2D eigenvalue weighted by atomic mass is 35.5. The van der Waals surface area contributed by atoms with Crippen molar-refractivity contribution in [1.82, 2.24) is 4.98 Å². The van der Waals surface area contributed by atoms with Crippen molar-refractivity contribution in [3.05, 3.63) is 52.7 Å². The molecule has 4 heteroatoms. The lowest BCUT2D eigenvalue weighted by molar-refractivity contribution is 0.101. The Bertz CT molecular complexity index is 519. The summed E-state index contributed by atoms with van der Waals surface area (Å²) in [6.45, 7) is 1.46. The summed E-state index contributed by atoms with van der Waals surface area (Å²) in [5.74, 6) is 0.425. The van der Waals surface area contributed by atoms with E-state index in [1.165, 1.54) is 13.2 Å². The van der Waals surface area contributed by atoms with Crippen LogP contribution < -0.4 is 0 Å². The average molecular weight is 236 g/mol. The predicted octanol–water partition coefficient (Wildman–Crippen LogP) is 3.12. The zero-order valence-corrected chi connectivity index (χ0v) is 9.49. The lowest BCUT2D eigenvalue weighted by atomic mass is 10.1. The van der Waals surface area contributed by atoms with Crippen LogP contribution in [-0.2, 0) is 6.42 Å². The maximum absolute atomic E-state index is 11.0. The highest BCUT2D eigenvalue weighted by molar-refractivity contribution is 6.30. The van der Waals surface area contributed by atoms with Crippen LogP contribution in [0.25, 0.3) is 0 Å². The number of Topliss-reactive ketones (excluding diaryl/α,β-unsaturated/α-hetero) is 1. The van der Waals surface area contributed by atoms with Gasteiger partial charge in [-0.2, -0.15) is 0 Å². The van der Waals surface area contributed by atoms with Crippen molar-refractivity contribution >= 4 is 17.4 Å². The molecule has 0 unspecified atom stereocenters. The Hall–Kier alpha value is -1.61. The van der Waals surface area contributed by atoms with Gasteiger partial charge in [0, 0.05) is 18.4 Å². The van der Waals surface area contributed by atoms with Gasteiger partial charge in [-0.1, -0.05) is 23.7 Å². The molecule has 3 nitrogen and oxygen atoms in total. The summed E-state index contributed by atoms with van der Waals surface area (Å²) in [6, 6.07) is 7.46. The Morgan fingerprint density at radius 1 is 1.50 bits per heavy atom. The van der Waals surface area contributed by atoms with Crippen molar-refractivity contribution in [2.24, 2.45) is 0 Å². The summed E-state index contributed by atoms with van der Waals surface area (Å²) in [5, 5.41) is 0.677. The van der Waals surface area contributed by atoms with Crippen LogP contribution in [0, 0.1) is 0 Å². The molecular weight excluding hydrogens is 226 g/mol. The SMILES string of the molecule is CC(=O)c1coc(Cc2cccc(Cl)c2)n1. The van der Waals surface area contributed by atoms with Gasteiger partial charge in [-0.05, 0) is 17.7 Å². The van der Waals surface area contributed by atoms with Gasteiger partial charge in [0.15, 0.2) is 11.7 Å². The van der Waals surface area contributed by atoms with Gasteiger partial charge in [0.05, 0.1) is 0 Å². The maximum atomic E-state index is 11.0. The van der Waals surface area contributed by atoms with E-state index in [0.29, 0.717) is 23.0 Å². The second-order valence-electron chi connectivity index (χ2n) is 3.49. The molecule has 2 aromatic rings. The lowest BCUT2D eigenvalue weighted by Gasteiger charge is -1.97. The molecule has 0 atom stereocenters. The first-order valence-electron chi connectivity index (χ1n) is 4.85. The minimum Gasteiger partial charge on any atom is -0.448 e. The molecule has 0 saturated carbocycles. The molecular formula is C12H10ClNO2. The third kappa shape index (κ3) is 2.49. The molecule has 1 aromatic carbocycles. The van der Waals surface area contributed by atoms with E-state index < -0.39 is 0 Å². The molecule has 0 aliphatic heterocycles. The number of hydrogen-bond acceptors (Lipinski definition) is 3. The largest absolute Gasteiger partial charge is 0.448 e. The van der Waals surface area contributed by atoms with E-state index in [0.717, 1.165) is 5.56 Å². The highest BCUT2D eigenvalue weighted by Gasteiger charge is 2.08. The van der Waals surface area contributed by atoms with E-state index in [9.17, 15) is 4.79 Å². The second kappa shape index (κ2) is 4.49. The molecule has 0 N–H and O–H groups in total. The standard InChI is InChI=1S/C12H10ClNO2/c1-8(15)11-7-16-12(14-11)6-9-3-2-4-10(13)5-9/h2-5,7H,6H2,1H3. The maximum Gasteiger partial charge on any atom is 0.199 e. The van der Waals surface area contributed by atoms with Gasteiger partial charge in [-0.25, -0.2) is 4.98 Å². The molecule has 0 radical (unpaired) electrons. The number of hydrogen-bond donors (Lipinski definition) is 0. The van der Waals surface area contributed by atoms with Crippen LogP contribution in [-0.4, -0.2) is 10.8 Å². The molecule has 1 heterocycles. The number of rotatable bonds is 3. The number of carbonyl (C=O) groups is 1. The normalized spacial score (nSPS) is 10.4. The summed E-state index contributed by atoms with van der Waals surface area (Å²) in [7, 11) is 0. The predicted molar refractivity (Wildman–Crippen MR) is 60.8 cm³/mol. The zero-order valence-electron chi connectivity index (χ0n) is 8.74. The van der Waals surface area contributed by atoms with Gasteiger partial charge in [0.2, 0.25) is 0 Å². The van der Waals surface area contributed by atoms with Gasteiger partial charge >= 0.3 is 0 Å². The molecule has 1 aromatic heterocycles. The smallest absolute Gasteiger partial charge is 0.199 e. The molecule has 0 spiro atoms. The number of oxazole rings is 1. The van der Waals surface area contributed by atoms with Crippen molar-refractivity contribution in [2.75, 3.05) is 0 Å². The van der Waals surface area contributed by atoms with E-state index in [-0.39, 0.29) is 5.78 Å². The van der Waals surface area contributed by atoms with Gasteiger partial charge in [-0.15, -0.1) is 0 Å². The van der Waals surface area contributed by atoms with Crippen LogP contribution in [0.1, 0.15) is 28.9 Å². The number of ketones is 1. The van der Waals surface area contributed by atoms with Gasteiger partial charge < -0.3 is 4.42 Å². The first kappa shape index (κ1) is 10.9. The second-order valence-corrected chi connectivity index (χ2v) is 3.93. The molecule has 2 rings (SSSR count). The van der Waals surface area contributed by atoms with Crippen LogP contribution in [0.4, 0.5) is 0 Å². The molecule has 0 fully saturated rings. The number of nitrogens with zero attached hydrogens (tertiary/aromatic N) is 1. The minimum atomic E-state index is -0.0962. The van der Waals surface area contributed by atoms with Crippen molar-refractivity contribution in [3.8, 4) is 0 Å². The minimum absolute atomic E-state index is 0.0962. The Kier molecular flexibility index (Phi) is 3.06.